The summed E-state index contributed by atoms with van der Waals surface area (Å²) < 4.78 is 16.3. The molecule has 21 heavy (non-hydrogen) atoms. The molecule has 2 rings (SSSR count). The summed E-state index contributed by atoms with van der Waals surface area (Å²) in [7, 11) is 3.23. The van der Waals surface area contributed by atoms with Crippen LogP contribution in [0.25, 0.3) is 0 Å². The number of furan rings is 1. The van der Waals surface area contributed by atoms with E-state index in [1.54, 1.807) is 14.2 Å². The molecule has 0 spiro atoms. The monoisotopic (exact) mass is 290 g/mol. The summed E-state index contributed by atoms with van der Waals surface area (Å²) in [6, 6.07) is 5.59. The van der Waals surface area contributed by atoms with Gasteiger partial charge in [-0.2, -0.15) is 0 Å². The average molecular weight is 290 g/mol. The third-order valence-electron chi connectivity index (χ3n) is 3.81. The molecule has 1 heterocycles. The first-order valence-corrected chi connectivity index (χ1v) is 6.78. The fourth-order valence-electron chi connectivity index (χ4n) is 2.61. The molecule has 0 aliphatic heterocycles. The molecule has 0 aliphatic rings. The molecule has 0 amide bonds. The lowest BCUT2D eigenvalue weighted by Gasteiger charge is -2.19. The van der Waals surface area contributed by atoms with Crippen molar-refractivity contribution >= 4 is 0 Å². The first-order valence-electron chi connectivity index (χ1n) is 6.78. The second kappa shape index (κ2) is 6.20. The number of hydrogen-bond acceptors (Lipinski definition) is 5. The molecule has 0 saturated heterocycles. The van der Waals surface area contributed by atoms with Crippen LogP contribution in [0.4, 0.5) is 0 Å². The van der Waals surface area contributed by atoms with Gasteiger partial charge in [-0.25, -0.2) is 5.43 Å². The quantitative estimate of drug-likeness (QED) is 0.654. The lowest BCUT2D eigenvalue weighted by atomic mass is 9.95. The topological polar surface area (TPSA) is 69.7 Å². The number of hydrazine groups is 1. The van der Waals surface area contributed by atoms with E-state index in [1.807, 2.05) is 39.0 Å². The molecular formula is C16H22N2O3. The van der Waals surface area contributed by atoms with Gasteiger partial charge in [-0.1, -0.05) is 6.07 Å². The Balaban J connectivity index is 2.51. The highest BCUT2D eigenvalue weighted by Crippen LogP contribution is 2.35. The van der Waals surface area contributed by atoms with Gasteiger partial charge in [0.15, 0.2) is 11.5 Å². The van der Waals surface area contributed by atoms with Crippen LogP contribution in [0, 0.1) is 20.8 Å². The highest BCUT2D eigenvalue weighted by atomic mass is 16.5. The molecule has 5 heteroatoms. The zero-order valence-corrected chi connectivity index (χ0v) is 13.1. The van der Waals surface area contributed by atoms with Crippen LogP contribution in [0.1, 0.15) is 34.3 Å². The van der Waals surface area contributed by atoms with Crippen molar-refractivity contribution in [2.75, 3.05) is 14.2 Å². The van der Waals surface area contributed by atoms with E-state index in [0.29, 0.717) is 11.5 Å². The fraction of sp³-hybridized carbons (Fsp3) is 0.375. The summed E-state index contributed by atoms with van der Waals surface area (Å²) in [5, 5.41) is 0. The summed E-state index contributed by atoms with van der Waals surface area (Å²) in [4.78, 5) is 0. The van der Waals surface area contributed by atoms with Crippen LogP contribution in [0.3, 0.4) is 0 Å². The Morgan fingerprint density at radius 1 is 1.05 bits per heavy atom. The van der Waals surface area contributed by atoms with Gasteiger partial charge in [-0.05, 0) is 44.0 Å². The van der Waals surface area contributed by atoms with E-state index in [9.17, 15) is 0 Å². The van der Waals surface area contributed by atoms with Gasteiger partial charge in [-0.3, -0.25) is 5.84 Å². The van der Waals surface area contributed by atoms with E-state index in [0.717, 1.165) is 28.2 Å². The van der Waals surface area contributed by atoms with Gasteiger partial charge in [0.2, 0.25) is 0 Å². The van der Waals surface area contributed by atoms with Crippen molar-refractivity contribution in [2.45, 2.75) is 26.8 Å². The van der Waals surface area contributed by atoms with E-state index in [1.165, 1.54) is 0 Å². The predicted molar refractivity (Wildman–Crippen MR) is 81.6 cm³/mol. The highest BCUT2D eigenvalue weighted by Gasteiger charge is 2.22. The molecule has 5 nitrogen and oxygen atoms in total. The van der Waals surface area contributed by atoms with Crippen LogP contribution < -0.4 is 20.7 Å². The van der Waals surface area contributed by atoms with Gasteiger partial charge in [-0.15, -0.1) is 0 Å². The highest BCUT2D eigenvalue weighted by molar-refractivity contribution is 5.47. The number of ether oxygens (including phenoxy) is 2. The Morgan fingerprint density at radius 3 is 2.19 bits per heavy atom. The normalized spacial score (nSPS) is 12.3. The van der Waals surface area contributed by atoms with Gasteiger partial charge >= 0.3 is 0 Å². The van der Waals surface area contributed by atoms with Crippen molar-refractivity contribution in [2.24, 2.45) is 5.84 Å². The maximum absolute atomic E-state index is 5.78. The average Bonchev–Trinajstić information content (AvgIpc) is 2.74. The molecule has 0 saturated carbocycles. The Morgan fingerprint density at radius 2 is 1.71 bits per heavy atom. The Labute approximate surface area is 125 Å². The molecular weight excluding hydrogens is 268 g/mol. The summed E-state index contributed by atoms with van der Waals surface area (Å²) >= 11 is 0. The second-order valence-corrected chi connectivity index (χ2v) is 4.97. The third kappa shape index (κ3) is 2.75. The minimum absolute atomic E-state index is 0.165. The zero-order chi connectivity index (χ0) is 15.6. The maximum Gasteiger partial charge on any atom is 0.161 e. The molecule has 0 fully saturated rings. The van der Waals surface area contributed by atoms with E-state index in [-0.39, 0.29) is 6.04 Å². The molecule has 1 unspecified atom stereocenters. The van der Waals surface area contributed by atoms with Crippen molar-refractivity contribution in [1.29, 1.82) is 0 Å². The van der Waals surface area contributed by atoms with E-state index >= 15 is 0 Å². The minimum Gasteiger partial charge on any atom is -0.493 e. The number of nitrogens with one attached hydrogen (secondary N) is 1. The Kier molecular flexibility index (Phi) is 4.55. The van der Waals surface area contributed by atoms with Gasteiger partial charge in [0.05, 0.1) is 20.3 Å². The Bertz CT molecular complexity index is 635. The first kappa shape index (κ1) is 15.4. The molecule has 3 N–H and O–H groups in total. The van der Waals surface area contributed by atoms with Crippen molar-refractivity contribution < 1.29 is 13.9 Å². The van der Waals surface area contributed by atoms with Crippen molar-refractivity contribution in [3.63, 3.8) is 0 Å². The fourth-order valence-corrected chi connectivity index (χ4v) is 2.61. The van der Waals surface area contributed by atoms with Crippen molar-refractivity contribution in [3.05, 3.63) is 46.4 Å². The van der Waals surface area contributed by atoms with Crippen LogP contribution in [-0.4, -0.2) is 14.2 Å². The number of hydrogen-bond donors (Lipinski definition) is 2. The number of aryl methyl sites for hydroxylation is 2. The first-order chi connectivity index (χ1) is 10.0. The third-order valence-corrected chi connectivity index (χ3v) is 3.81. The molecule has 1 atom stereocenters. The molecule has 0 bridgehead atoms. The maximum atomic E-state index is 5.78. The molecule has 1 aromatic heterocycles. The number of nitrogens with two attached hydrogens (primary N) is 1. The van der Waals surface area contributed by atoms with Gasteiger partial charge < -0.3 is 13.9 Å². The molecule has 1 aromatic carbocycles. The minimum atomic E-state index is -0.165. The summed E-state index contributed by atoms with van der Waals surface area (Å²) in [5.41, 5.74) is 6.01. The van der Waals surface area contributed by atoms with Crippen LogP contribution in [0.2, 0.25) is 0 Å². The van der Waals surface area contributed by atoms with E-state index in [4.69, 9.17) is 19.7 Å². The van der Waals surface area contributed by atoms with Crippen LogP contribution in [0.15, 0.2) is 22.6 Å². The van der Waals surface area contributed by atoms with Crippen molar-refractivity contribution in [1.82, 2.24) is 5.43 Å². The smallest absolute Gasteiger partial charge is 0.161 e. The van der Waals surface area contributed by atoms with Gasteiger partial charge in [0, 0.05) is 5.56 Å². The number of benzene rings is 1. The molecule has 0 radical (unpaired) electrons. The van der Waals surface area contributed by atoms with Gasteiger partial charge in [0.25, 0.3) is 0 Å². The largest absolute Gasteiger partial charge is 0.493 e. The summed E-state index contributed by atoms with van der Waals surface area (Å²) in [6.07, 6.45) is 0. The van der Waals surface area contributed by atoms with Gasteiger partial charge in [0.1, 0.15) is 11.5 Å². The summed E-state index contributed by atoms with van der Waals surface area (Å²) in [6.45, 7) is 5.93. The van der Waals surface area contributed by atoms with Crippen LogP contribution in [0.5, 0.6) is 11.5 Å². The summed E-state index contributed by atoms with van der Waals surface area (Å²) in [5.74, 6) is 8.91. The van der Waals surface area contributed by atoms with E-state index < -0.39 is 0 Å². The molecule has 0 aliphatic carbocycles. The zero-order valence-electron chi connectivity index (χ0n) is 13.1. The van der Waals surface area contributed by atoms with Crippen LogP contribution in [-0.2, 0) is 0 Å². The van der Waals surface area contributed by atoms with Crippen molar-refractivity contribution in [3.8, 4) is 11.5 Å². The standard InChI is InChI=1S/C16H22N2O3/c1-9-10(2)21-11(3)15(9)16(18-17)12-6-7-13(19-4)14(8-12)20-5/h6-8,16,18H,17H2,1-5H3. The molecule has 2 aromatic rings. The lowest BCUT2D eigenvalue weighted by Crippen LogP contribution is -2.29. The SMILES string of the molecule is COc1ccc(C(NN)c2c(C)oc(C)c2C)cc1OC. The van der Waals surface area contributed by atoms with E-state index in [2.05, 4.69) is 5.43 Å². The number of methoxy groups -OCH3 is 2. The Hall–Kier alpha value is -1.98. The second-order valence-electron chi connectivity index (χ2n) is 4.97. The molecule has 114 valence electrons. The van der Waals surface area contributed by atoms with Crippen LogP contribution >= 0.6 is 0 Å². The number of rotatable bonds is 5. The predicted octanol–water partition coefficient (Wildman–Crippen LogP) is 2.77. The lowest BCUT2D eigenvalue weighted by molar-refractivity contribution is 0.354.